The van der Waals surface area contributed by atoms with Gasteiger partial charge in [-0.1, -0.05) is 6.07 Å². The van der Waals surface area contributed by atoms with Crippen LogP contribution < -0.4 is 0 Å². The first-order chi connectivity index (χ1) is 10.1. The van der Waals surface area contributed by atoms with Crippen molar-refractivity contribution in [3.05, 3.63) is 35.4 Å². The lowest BCUT2D eigenvalue weighted by Gasteiger charge is -2.32. The number of benzene rings is 1. The van der Waals surface area contributed by atoms with Crippen LogP contribution in [0.3, 0.4) is 0 Å². The molecule has 3 nitrogen and oxygen atoms in total. The van der Waals surface area contributed by atoms with E-state index in [0.29, 0.717) is 18.9 Å². The molecule has 0 amide bonds. The van der Waals surface area contributed by atoms with Crippen molar-refractivity contribution in [3.63, 3.8) is 0 Å². The van der Waals surface area contributed by atoms with Gasteiger partial charge in [-0.3, -0.25) is 4.79 Å². The normalized spacial score (nSPS) is 19.6. The zero-order valence-electron chi connectivity index (χ0n) is 12.0. The van der Waals surface area contributed by atoms with Crippen LogP contribution in [-0.4, -0.2) is 35.6 Å². The molecule has 0 spiro atoms. The molecule has 0 saturated carbocycles. The van der Waals surface area contributed by atoms with Gasteiger partial charge in [0, 0.05) is 18.7 Å². The summed E-state index contributed by atoms with van der Waals surface area (Å²) in [6.07, 6.45) is 3.34. The van der Waals surface area contributed by atoms with E-state index in [1.807, 2.05) is 0 Å². The van der Waals surface area contributed by atoms with Gasteiger partial charge in [-0.2, -0.15) is 0 Å². The Morgan fingerprint density at radius 1 is 1.33 bits per heavy atom. The fourth-order valence-corrected chi connectivity index (χ4v) is 2.96. The summed E-state index contributed by atoms with van der Waals surface area (Å²) in [7, 11) is 0. The van der Waals surface area contributed by atoms with Crippen LogP contribution >= 0.6 is 0 Å². The zero-order valence-corrected chi connectivity index (χ0v) is 12.0. The highest BCUT2D eigenvalue weighted by Gasteiger charge is 2.21. The minimum absolute atomic E-state index is 0.147. The van der Waals surface area contributed by atoms with E-state index in [9.17, 15) is 13.6 Å². The van der Waals surface area contributed by atoms with E-state index in [-0.39, 0.29) is 12.0 Å². The number of carboxylic acids is 1. The number of likely N-dealkylation sites (tertiary alicyclic amines) is 1. The van der Waals surface area contributed by atoms with Crippen LogP contribution in [0.4, 0.5) is 8.78 Å². The van der Waals surface area contributed by atoms with E-state index in [4.69, 9.17) is 5.11 Å². The minimum atomic E-state index is -0.787. The van der Waals surface area contributed by atoms with Crippen molar-refractivity contribution < 1.29 is 18.7 Å². The summed E-state index contributed by atoms with van der Waals surface area (Å²) < 4.78 is 27.2. The van der Waals surface area contributed by atoms with E-state index in [1.54, 1.807) is 0 Å². The molecule has 1 saturated heterocycles. The molecule has 0 radical (unpaired) electrons. The maximum Gasteiger partial charge on any atom is 0.304 e. The first-order valence-electron chi connectivity index (χ1n) is 7.43. The Morgan fingerprint density at radius 3 is 2.71 bits per heavy atom. The highest BCUT2D eigenvalue weighted by molar-refractivity contribution is 5.66. The topological polar surface area (TPSA) is 40.5 Å². The average molecular weight is 297 g/mol. The van der Waals surface area contributed by atoms with Gasteiger partial charge in [0.1, 0.15) is 11.6 Å². The molecular weight excluding hydrogens is 276 g/mol. The quantitative estimate of drug-likeness (QED) is 0.877. The summed E-state index contributed by atoms with van der Waals surface area (Å²) in [4.78, 5) is 12.7. The van der Waals surface area contributed by atoms with Gasteiger partial charge < -0.3 is 10.0 Å². The molecule has 1 aliphatic heterocycles. The van der Waals surface area contributed by atoms with Crippen LogP contribution in [0.15, 0.2) is 18.2 Å². The lowest BCUT2D eigenvalue weighted by atomic mass is 9.91. The number of carbonyl (C=O) groups is 1. The molecular formula is C16H21F2NO2. The van der Waals surface area contributed by atoms with Gasteiger partial charge in [0.15, 0.2) is 0 Å². The Labute approximate surface area is 123 Å². The minimum Gasteiger partial charge on any atom is -0.481 e. The second-order valence-corrected chi connectivity index (χ2v) is 5.69. The molecule has 0 bridgehead atoms. The smallest absolute Gasteiger partial charge is 0.304 e. The van der Waals surface area contributed by atoms with E-state index >= 15 is 0 Å². The van der Waals surface area contributed by atoms with Crippen molar-refractivity contribution >= 4 is 5.97 Å². The third kappa shape index (κ3) is 4.77. The van der Waals surface area contributed by atoms with E-state index in [1.165, 1.54) is 18.2 Å². The van der Waals surface area contributed by atoms with E-state index in [2.05, 4.69) is 4.90 Å². The molecule has 0 aliphatic carbocycles. The first kappa shape index (κ1) is 15.9. The average Bonchev–Trinajstić information content (AvgIpc) is 2.45. The maximum atomic E-state index is 13.6. The van der Waals surface area contributed by atoms with E-state index < -0.39 is 17.6 Å². The number of hydrogen-bond donors (Lipinski definition) is 1. The number of carboxylic acid groups (broad SMARTS) is 1. The van der Waals surface area contributed by atoms with Gasteiger partial charge in [0.2, 0.25) is 0 Å². The lowest BCUT2D eigenvalue weighted by Crippen LogP contribution is -2.37. The molecule has 21 heavy (non-hydrogen) atoms. The molecule has 1 heterocycles. The molecule has 1 N–H and O–H groups in total. The standard InChI is InChI=1S/C16H21F2NO2/c17-14-4-1-5-15(18)13(14)7-6-12-3-2-9-19(11-12)10-8-16(20)21/h1,4-5,12H,2-3,6-11H2,(H,20,21). The molecule has 0 aromatic heterocycles. The van der Waals surface area contributed by atoms with Gasteiger partial charge in [-0.15, -0.1) is 0 Å². The molecule has 1 aromatic rings. The summed E-state index contributed by atoms with van der Waals surface area (Å²) in [5.41, 5.74) is 0.167. The van der Waals surface area contributed by atoms with Crippen molar-refractivity contribution in [2.45, 2.75) is 32.1 Å². The van der Waals surface area contributed by atoms with Gasteiger partial charge >= 0.3 is 5.97 Å². The van der Waals surface area contributed by atoms with Crippen molar-refractivity contribution in [3.8, 4) is 0 Å². The second-order valence-electron chi connectivity index (χ2n) is 5.69. The second kappa shape index (κ2) is 7.50. The predicted molar refractivity (Wildman–Crippen MR) is 76.1 cm³/mol. The molecule has 1 unspecified atom stereocenters. The first-order valence-corrected chi connectivity index (χ1v) is 7.43. The van der Waals surface area contributed by atoms with Gasteiger partial charge in [0.25, 0.3) is 0 Å². The van der Waals surface area contributed by atoms with Gasteiger partial charge in [-0.25, -0.2) is 8.78 Å². The molecule has 1 fully saturated rings. The Kier molecular flexibility index (Phi) is 5.67. The Morgan fingerprint density at radius 2 is 2.05 bits per heavy atom. The van der Waals surface area contributed by atoms with Crippen molar-refractivity contribution in [2.75, 3.05) is 19.6 Å². The monoisotopic (exact) mass is 297 g/mol. The van der Waals surface area contributed by atoms with E-state index in [0.717, 1.165) is 32.4 Å². The molecule has 1 aromatic carbocycles. The van der Waals surface area contributed by atoms with Crippen LogP contribution in [0, 0.1) is 17.6 Å². The fraction of sp³-hybridized carbons (Fsp3) is 0.562. The Hall–Kier alpha value is -1.49. The van der Waals surface area contributed by atoms with Crippen LogP contribution in [0.5, 0.6) is 0 Å². The van der Waals surface area contributed by atoms with Crippen molar-refractivity contribution in [1.29, 1.82) is 0 Å². The van der Waals surface area contributed by atoms with Gasteiger partial charge in [-0.05, 0) is 50.3 Å². The fourth-order valence-electron chi connectivity index (χ4n) is 2.96. The highest BCUT2D eigenvalue weighted by atomic mass is 19.1. The zero-order chi connectivity index (χ0) is 15.2. The summed E-state index contributed by atoms with van der Waals surface area (Å²) in [5.74, 6) is -1.36. The number of aliphatic carboxylic acids is 1. The molecule has 1 aliphatic rings. The van der Waals surface area contributed by atoms with Crippen LogP contribution in [-0.2, 0) is 11.2 Å². The summed E-state index contributed by atoms with van der Waals surface area (Å²) >= 11 is 0. The number of hydrogen-bond acceptors (Lipinski definition) is 2. The molecule has 5 heteroatoms. The van der Waals surface area contributed by atoms with Crippen molar-refractivity contribution in [1.82, 2.24) is 4.90 Å². The summed E-state index contributed by atoms with van der Waals surface area (Å²) in [6, 6.07) is 3.96. The summed E-state index contributed by atoms with van der Waals surface area (Å²) in [6.45, 7) is 2.29. The van der Waals surface area contributed by atoms with Crippen LogP contribution in [0.2, 0.25) is 0 Å². The molecule has 2 rings (SSSR count). The number of halogens is 2. The van der Waals surface area contributed by atoms with Crippen molar-refractivity contribution in [2.24, 2.45) is 5.92 Å². The maximum absolute atomic E-state index is 13.6. The highest BCUT2D eigenvalue weighted by Crippen LogP contribution is 2.23. The van der Waals surface area contributed by atoms with Crippen LogP contribution in [0.1, 0.15) is 31.2 Å². The predicted octanol–water partition coefficient (Wildman–Crippen LogP) is 3.08. The molecule has 1 atom stereocenters. The number of piperidine rings is 1. The largest absolute Gasteiger partial charge is 0.481 e. The van der Waals surface area contributed by atoms with Crippen LogP contribution in [0.25, 0.3) is 0 Å². The Bertz CT molecular complexity index is 473. The SMILES string of the molecule is O=C(O)CCN1CCCC(CCc2c(F)cccc2F)C1. The third-order valence-corrected chi connectivity index (χ3v) is 4.11. The lowest BCUT2D eigenvalue weighted by molar-refractivity contribution is -0.137. The summed E-state index contributed by atoms with van der Waals surface area (Å²) in [5, 5.41) is 8.71. The molecule has 116 valence electrons. The third-order valence-electron chi connectivity index (χ3n) is 4.11. The number of nitrogens with zero attached hydrogens (tertiary/aromatic N) is 1. The van der Waals surface area contributed by atoms with Gasteiger partial charge in [0.05, 0.1) is 6.42 Å². The Balaban J connectivity index is 1.84. The number of rotatable bonds is 6.